The molecule has 10 heteroatoms. The van der Waals surface area contributed by atoms with E-state index in [-0.39, 0.29) is 23.6 Å². The van der Waals surface area contributed by atoms with Gasteiger partial charge < -0.3 is 5.11 Å². The summed E-state index contributed by atoms with van der Waals surface area (Å²) in [5, 5.41) is 8.91. The normalized spacial score (nSPS) is 19.2. The maximum absolute atomic E-state index is 13.5. The number of hydrogen-bond donors (Lipinski definition) is 1. The highest BCUT2D eigenvalue weighted by Crippen LogP contribution is 2.30. The van der Waals surface area contributed by atoms with Crippen LogP contribution in [0.3, 0.4) is 0 Å². The fraction of sp³-hybridized carbons (Fsp3) is 0.538. The van der Waals surface area contributed by atoms with E-state index in [1.54, 1.807) is 21.3 Å². The number of aliphatic hydroxyl groups excluding tert-OH is 1. The molecule has 1 aromatic carbocycles. The number of aryl methyl sites for hydroxylation is 1. The molecule has 0 aliphatic carbocycles. The third-order valence-corrected chi connectivity index (χ3v) is 10.1. The Morgan fingerprint density at radius 1 is 0.917 bits per heavy atom. The zero-order valence-corrected chi connectivity index (χ0v) is 21.4. The molecule has 2 aliphatic heterocycles. The Labute approximate surface area is 212 Å². The first-order valence-corrected chi connectivity index (χ1v) is 14.4. The molecule has 3 aromatic rings. The fourth-order valence-electron chi connectivity index (χ4n) is 5.71. The Hall–Kier alpha value is -2.53. The minimum Gasteiger partial charge on any atom is -0.396 e. The van der Waals surface area contributed by atoms with E-state index < -0.39 is 10.0 Å². The smallest absolute Gasteiger partial charge is 0.329 e. The highest BCUT2D eigenvalue weighted by atomic mass is 32.2. The number of rotatable bonds is 8. The van der Waals surface area contributed by atoms with Crippen molar-refractivity contribution >= 4 is 21.1 Å². The summed E-state index contributed by atoms with van der Waals surface area (Å²) in [6.45, 7) is 3.73. The van der Waals surface area contributed by atoms with Gasteiger partial charge in [-0.15, -0.1) is 0 Å². The molecule has 0 spiro atoms. The first kappa shape index (κ1) is 25.1. The molecule has 1 N–H and O–H groups in total. The maximum atomic E-state index is 13.5. The molecule has 0 radical (unpaired) electrons. The third kappa shape index (κ3) is 5.00. The number of hydrogen-bond acceptors (Lipinski definition) is 6. The number of likely N-dealkylation sites (tertiary alicyclic amines) is 1. The number of pyridine rings is 1. The standard InChI is InChI=1S/C26H35N5O4S/c32-19-3-14-30-24-4-1-2-5-25(24)31(26(30)33)22-8-17-29(18-9-22)36(34,35)23-10-15-28(16-11-23)20-21-6-12-27-13-7-21/h1-2,4-7,12-13,22-23,32H,3,8-11,14-20H2. The Morgan fingerprint density at radius 3 is 2.25 bits per heavy atom. The average Bonchev–Trinajstić information content (AvgIpc) is 3.19. The maximum Gasteiger partial charge on any atom is 0.329 e. The van der Waals surface area contributed by atoms with Crippen molar-refractivity contribution in [1.82, 2.24) is 23.3 Å². The predicted molar refractivity (Wildman–Crippen MR) is 139 cm³/mol. The minimum atomic E-state index is -3.37. The lowest BCUT2D eigenvalue weighted by Gasteiger charge is -2.37. The Balaban J connectivity index is 1.23. The number of nitrogens with zero attached hydrogens (tertiary/aromatic N) is 5. The molecule has 0 atom stereocenters. The lowest BCUT2D eigenvalue weighted by atomic mass is 10.1. The molecule has 2 aliphatic rings. The molecule has 2 saturated heterocycles. The fourth-order valence-corrected chi connectivity index (χ4v) is 7.66. The molecule has 0 unspecified atom stereocenters. The van der Waals surface area contributed by atoms with Crippen molar-refractivity contribution in [2.45, 2.75) is 56.5 Å². The van der Waals surface area contributed by atoms with E-state index >= 15 is 0 Å². The number of benzene rings is 1. The van der Waals surface area contributed by atoms with Gasteiger partial charge >= 0.3 is 5.69 Å². The number of aromatic nitrogens is 3. The van der Waals surface area contributed by atoms with Gasteiger partial charge in [-0.1, -0.05) is 12.1 Å². The molecule has 194 valence electrons. The highest BCUT2D eigenvalue weighted by Gasteiger charge is 2.37. The van der Waals surface area contributed by atoms with E-state index in [0.717, 1.165) is 30.7 Å². The molecule has 5 rings (SSSR count). The molecule has 0 amide bonds. The van der Waals surface area contributed by atoms with Crippen molar-refractivity contribution in [3.05, 3.63) is 64.8 Å². The van der Waals surface area contributed by atoms with E-state index in [9.17, 15) is 18.3 Å². The summed E-state index contributed by atoms with van der Waals surface area (Å²) in [6.07, 6.45) is 6.62. The SMILES string of the molecule is O=c1n(CCCO)c2ccccc2n1C1CCN(S(=O)(=O)C2CCN(Cc3ccncc3)CC2)CC1. The van der Waals surface area contributed by atoms with Gasteiger partial charge in [0.15, 0.2) is 0 Å². The Morgan fingerprint density at radius 2 is 1.58 bits per heavy atom. The molecule has 0 bridgehead atoms. The quantitative estimate of drug-likeness (QED) is 0.496. The van der Waals surface area contributed by atoms with Crippen LogP contribution in [-0.4, -0.2) is 74.9 Å². The lowest BCUT2D eigenvalue weighted by Crippen LogP contribution is -2.48. The van der Waals surface area contributed by atoms with Crippen LogP contribution < -0.4 is 5.69 Å². The monoisotopic (exact) mass is 513 g/mol. The van der Waals surface area contributed by atoms with Crippen LogP contribution in [0, 0.1) is 0 Å². The Kier molecular flexibility index (Phi) is 7.57. The number of aliphatic hydroxyl groups is 1. The van der Waals surface area contributed by atoms with Crippen LogP contribution in [0.1, 0.15) is 43.7 Å². The summed E-state index contributed by atoms with van der Waals surface area (Å²) in [5.41, 5.74) is 2.86. The third-order valence-electron chi connectivity index (χ3n) is 7.67. The average molecular weight is 514 g/mol. The van der Waals surface area contributed by atoms with E-state index in [2.05, 4.69) is 9.88 Å². The van der Waals surface area contributed by atoms with Crippen LogP contribution in [0.25, 0.3) is 11.0 Å². The van der Waals surface area contributed by atoms with Gasteiger partial charge in [0.25, 0.3) is 0 Å². The molecular weight excluding hydrogens is 478 g/mol. The van der Waals surface area contributed by atoms with Gasteiger partial charge in [-0.2, -0.15) is 0 Å². The van der Waals surface area contributed by atoms with Gasteiger partial charge in [0.2, 0.25) is 10.0 Å². The molecule has 4 heterocycles. The van der Waals surface area contributed by atoms with Crippen molar-refractivity contribution in [3.8, 4) is 0 Å². The first-order chi connectivity index (χ1) is 17.5. The first-order valence-electron chi connectivity index (χ1n) is 12.9. The van der Waals surface area contributed by atoms with Gasteiger partial charge in [0.05, 0.1) is 16.3 Å². The predicted octanol–water partition coefficient (Wildman–Crippen LogP) is 2.21. The van der Waals surface area contributed by atoms with E-state index in [4.69, 9.17) is 0 Å². The second-order valence-corrected chi connectivity index (χ2v) is 12.1. The molecule has 36 heavy (non-hydrogen) atoms. The van der Waals surface area contributed by atoms with E-state index in [0.29, 0.717) is 51.7 Å². The molecular formula is C26H35N5O4S. The van der Waals surface area contributed by atoms with Gasteiger partial charge in [0, 0.05) is 51.2 Å². The Bertz CT molecular complexity index is 1320. The van der Waals surface area contributed by atoms with Crippen LogP contribution in [0.2, 0.25) is 0 Å². The van der Waals surface area contributed by atoms with Crippen LogP contribution in [0.5, 0.6) is 0 Å². The van der Waals surface area contributed by atoms with Crippen molar-refractivity contribution in [2.75, 3.05) is 32.8 Å². The number of imidazole rings is 1. The van der Waals surface area contributed by atoms with Crippen LogP contribution in [-0.2, 0) is 23.1 Å². The summed E-state index contributed by atoms with van der Waals surface area (Å²) in [6, 6.07) is 11.7. The number of fused-ring (bicyclic) bond motifs is 1. The number of para-hydroxylation sites is 2. The highest BCUT2D eigenvalue weighted by molar-refractivity contribution is 7.89. The molecule has 9 nitrogen and oxygen atoms in total. The van der Waals surface area contributed by atoms with Gasteiger partial charge in [-0.05, 0) is 75.0 Å². The summed E-state index contributed by atoms with van der Waals surface area (Å²) >= 11 is 0. The zero-order valence-electron chi connectivity index (χ0n) is 20.6. The summed E-state index contributed by atoms with van der Waals surface area (Å²) in [7, 11) is -3.37. The second-order valence-electron chi connectivity index (χ2n) is 9.88. The molecule has 2 aromatic heterocycles. The zero-order chi connectivity index (χ0) is 25.1. The van der Waals surface area contributed by atoms with E-state index in [1.807, 2.05) is 41.0 Å². The molecule has 0 saturated carbocycles. The summed E-state index contributed by atoms with van der Waals surface area (Å²) in [4.78, 5) is 19.7. The van der Waals surface area contributed by atoms with Crippen LogP contribution in [0.4, 0.5) is 0 Å². The van der Waals surface area contributed by atoms with Crippen molar-refractivity contribution in [3.63, 3.8) is 0 Å². The van der Waals surface area contributed by atoms with Crippen LogP contribution >= 0.6 is 0 Å². The molecule has 2 fully saturated rings. The lowest BCUT2D eigenvalue weighted by molar-refractivity contribution is 0.215. The number of sulfonamides is 1. The van der Waals surface area contributed by atoms with Gasteiger partial charge in [-0.25, -0.2) is 17.5 Å². The topological polar surface area (TPSA) is 101 Å². The van der Waals surface area contributed by atoms with Gasteiger partial charge in [0.1, 0.15) is 0 Å². The van der Waals surface area contributed by atoms with Crippen LogP contribution in [0.15, 0.2) is 53.6 Å². The second kappa shape index (κ2) is 10.8. The summed E-state index contributed by atoms with van der Waals surface area (Å²) in [5.74, 6) is 0. The van der Waals surface area contributed by atoms with Crippen molar-refractivity contribution in [2.24, 2.45) is 0 Å². The minimum absolute atomic E-state index is 0.0326. The van der Waals surface area contributed by atoms with Gasteiger partial charge in [-0.3, -0.25) is 19.0 Å². The number of piperidine rings is 2. The largest absolute Gasteiger partial charge is 0.396 e. The van der Waals surface area contributed by atoms with Crippen molar-refractivity contribution < 1.29 is 13.5 Å². The summed E-state index contributed by atoms with van der Waals surface area (Å²) < 4.78 is 32.1. The van der Waals surface area contributed by atoms with Crippen molar-refractivity contribution in [1.29, 1.82) is 0 Å². The van der Waals surface area contributed by atoms with E-state index in [1.165, 1.54) is 5.56 Å².